The Morgan fingerprint density at radius 2 is 2.07 bits per heavy atom. The van der Waals surface area contributed by atoms with Crippen molar-refractivity contribution in [1.29, 1.82) is 0 Å². The fourth-order valence-corrected chi connectivity index (χ4v) is 1.65. The molecule has 0 amide bonds. The van der Waals surface area contributed by atoms with Crippen LogP contribution in [-0.4, -0.2) is 9.97 Å². The molecule has 0 aliphatic carbocycles. The maximum absolute atomic E-state index is 5.58. The van der Waals surface area contributed by atoms with Crippen LogP contribution in [0.1, 0.15) is 5.69 Å². The first-order valence-electron chi connectivity index (χ1n) is 4.46. The highest BCUT2D eigenvalue weighted by molar-refractivity contribution is 14.1. The summed E-state index contributed by atoms with van der Waals surface area (Å²) in [6, 6.07) is 9.63. The quantitative estimate of drug-likeness (QED) is 0.799. The summed E-state index contributed by atoms with van der Waals surface area (Å²) >= 11 is 2.24. The van der Waals surface area contributed by atoms with Crippen LogP contribution in [0.3, 0.4) is 0 Å². The van der Waals surface area contributed by atoms with Crippen LogP contribution in [0.5, 0.6) is 11.6 Å². The Morgan fingerprint density at radius 1 is 1.20 bits per heavy atom. The van der Waals surface area contributed by atoms with E-state index in [-0.39, 0.29) is 0 Å². The number of rotatable bonds is 2. The van der Waals surface area contributed by atoms with E-state index < -0.39 is 0 Å². The fourth-order valence-electron chi connectivity index (χ4n) is 1.14. The van der Waals surface area contributed by atoms with Crippen molar-refractivity contribution in [3.8, 4) is 11.6 Å². The van der Waals surface area contributed by atoms with Crippen molar-refractivity contribution in [3.63, 3.8) is 0 Å². The van der Waals surface area contributed by atoms with Gasteiger partial charge in [-0.25, -0.2) is 9.97 Å². The summed E-state index contributed by atoms with van der Waals surface area (Å²) in [5.41, 5.74) is 0.894. The summed E-state index contributed by atoms with van der Waals surface area (Å²) in [6.07, 6.45) is 1.50. The van der Waals surface area contributed by atoms with Gasteiger partial charge in [-0.1, -0.05) is 6.07 Å². The molecule has 0 saturated carbocycles. The van der Waals surface area contributed by atoms with E-state index in [0.29, 0.717) is 5.88 Å². The Morgan fingerprint density at radius 3 is 2.80 bits per heavy atom. The van der Waals surface area contributed by atoms with Gasteiger partial charge in [0.15, 0.2) is 0 Å². The van der Waals surface area contributed by atoms with E-state index in [0.717, 1.165) is 15.0 Å². The minimum Gasteiger partial charge on any atom is -0.439 e. The van der Waals surface area contributed by atoms with Gasteiger partial charge in [0, 0.05) is 15.3 Å². The van der Waals surface area contributed by atoms with Crippen molar-refractivity contribution in [3.05, 3.63) is 45.9 Å². The number of aryl methyl sites for hydroxylation is 1. The Balaban J connectivity index is 2.22. The van der Waals surface area contributed by atoms with Crippen LogP contribution in [0.25, 0.3) is 0 Å². The molecule has 3 nitrogen and oxygen atoms in total. The van der Waals surface area contributed by atoms with Crippen molar-refractivity contribution < 1.29 is 4.74 Å². The zero-order valence-corrected chi connectivity index (χ0v) is 10.3. The third kappa shape index (κ3) is 2.89. The van der Waals surface area contributed by atoms with Gasteiger partial charge in [0.25, 0.3) is 0 Å². The molecule has 0 atom stereocenters. The SMILES string of the molecule is Cc1cc(Oc2cccc(I)c2)ncn1. The number of ether oxygens (including phenoxy) is 1. The monoisotopic (exact) mass is 312 g/mol. The second-order valence-electron chi connectivity index (χ2n) is 3.06. The first-order valence-corrected chi connectivity index (χ1v) is 5.54. The summed E-state index contributed by atoms with van der Waals surface area (Å²) < 4.78 is 6.72. The Kier molecular flexibility index (Phi) is 3.15. The molecule has 4 heteroatoms. The number of hydrogen-bond acceptors (Lipinski definition) is 3. The van der Waals surface area contributed by atoms with E-state index in [1.54, 1.807) is 6.07 Å². The lowest BCUT2D eigenvalue weighted by Crippen LogP contribution is -1.90. The van der Waals surface area contributed by atoms with Crippen LogP contribution in [-0.2, 0) is 0 Å². The number of benzene rings is 1. The predicted molar refractivity (Wildman–Crippen MR) is 66.0 cm³/mol. The van der Waals surface area contributed by atoms with Crippen LogP contribution in [0.4, 0.5) is 0 Å². The smallest absolute Gasteiger partial charge is 0.222 e. The van der Waals surface area contributed by atoms with Crippen molar-refractivity contribution >= 4 is 22.6 Å². The van der Waals surface area contributed by atoms with E-state index in [2.05, 4.69) is 32.6 Å². The summed E-state index contributed by atoms with van der Waals surface area (Å²) in [6.45, 7) is 1.91. The summed E-state index contributed by atoms with van der Waals surface area (Å²) in [7, 11) is 0. The summed E-state index contributed by atoms with van der Waals surface area (Å²) in [5, 5.41) is 0. The van der Waals surface area contributed by atoms with E-state index in [9.17, 15) is 0 Å². The zero-order valence-electron chi connectivity index (χ0n) is 8.14. The number of hydrogen-bond donors (Lipinski definition) is 0. The van der Waals surface area contributed by atoms with Crippen LogP contribution in [0.2, 0.25) is 0 Å². The lowest BCUT2D eigenvalue weighted by molar-refractivity contribution is 0.460. The molecule has 0 aliphatic rings. The molecule has 1 heterocycles. The van der Waals surface area contributed by atoms with E-state index in [4.69, 9.17) is 4.74 Å². The molecule has 2 aromatic rings. The number of halogens is 1. The molecule has 0 spiro atoms. The third-order valence-electron chi connectivity index (χ3n) is 1.80. The molecule has 0 saturated heterocycles. The summed E-state index contributed by atoms with van der Waals surface area (Å²) in [5.74, 6) is 1.37. The Bertz CT molecular complexity index is 430. The highest BCUT2D eigenvalue weighted by Gasteiger charge is 1.99. The fraction of sp³-hybridized carbons (Fsp3) is 0.0909. The minimum atomic E-state index is 0.574. The maximum Gasteiger partial charge on any atom is 0.222 e. The van der Waals surface area contributed by atoms with Crippen LogP contribution in [0.15, 0.2) is 36.7 Å². The van der Waals surface area contributed by atoms with Gasteiger partial charge in [0.2, 0.25) is 5.88 Å². The molecule has 1 aromatic carbocycles. The van der Waals surface area contributed by atoms with Gasteiger partial charge in [-0.3, -0.25) is 0 Å². The first kappa shape index (κ1) is 10.4. The molecule has 2 rings (SSSR count). The average Bonchev–Trinajstić information content (AvgIpc) is 2.17. The maximum atomic E-state index is 5.58. The molecule has 0 aliphatic heterocycles. The molecule has 0 N–H and O–H groups in total. The van der Waals surface area contributed by atoms with Gasteiger partial charge in [0.1, 0.15) is 12.1 Å². The van der Waals surface area contributed by atoms with E-state index >= 15 is 0 Å². The molecular formula is C11H9IN2O. The van der Waals surface area contributed by atoms with Gasteiger partial charge in [-0.05, 0) is 47.7 Å². The molecule has 0 radical (unpaired) electrons. The van der Waals surface area contributed by atoms with Gasteiger partial charge in [0.05, 0.1) is 0 Å². The molecule has 0 unspecified atom stereocenters. The van der Waals surface area contributed by atoms with Gasteiger partial charge >= 0.3 is 0 Å². The molecule has 0 fully saturated rings. The van der Waals surface area contributed by atoms with Crippen molar-refractivity contribution in [2.24, 2.45) is 0 Å². The Labute approximate surface area is 102 Å². The molecular weight excluding hydrogens is 303 g/mol. The number of nitrogens with zero attached hydrogens (tertiary/aromatic N) is 2. The van der Waals surface area contributed by atoms with Crippen LogP contribution < -0.4 is 4.74 Å². The van der Waals surface area contributed by atoms with Crippen molar-refractivity contribution in [2.75, 3.05) is 0 Å². The van der Waals surface area contributed by atoms with Crippen molar-refractivity contribution in [1.82, 2.24) is 9.97 Å². The highest BCUT2D eigenvalue weighted by Crippen LogP contribution is 2.20. The Hall–Kier alpha value is -1.17. The topological polar surface area (TPSA) is 35.0 Å². The molecule has 0 bridgehead atoms. The minimum absolute atomic E-state index is 0.574. The normalized spacial score (nSPS) is 10.0. The lowest BCUT2D eigenvalue weighted by atomic mass is 10.3. The highest BCUT2D eigenvalue weighted by atomic mass is 127. The van der Waals surface area contributed by atoms with Crippen molar-refractivity contribution in [2.45, 2.75) is 6.92 Å². The van der Waals surface area contributed by atoms with Gasteiger partial charge in [-0.15, -0.1) is 0 Å². The van der Waals surface area contributed by atoms with E-state index in [1.165, 1.54) is 6.33 Å². The summed E-state index contributed by atoms with van der Waals surface area (Å²) in [4.78, 5) is 8.04. The predicted octanol–water partition coefficient (Wildman–Crippen LogP) is 3.18. The second-order valence-corrected chi connectivity index (χ2v) is 4.30. The molecule has 76 valence electrons. The van der Waals surface area contributed by atoms with Crippen LogP contribution >= 0.6 is 22.6 Å². The zero-order chi connectivity index (χ0) is 10.7. The van der Waals surface area contributed by atoms with Gasteiger partial charge in [-0.2, -0.15) is 0 Å². The first-order chi connectivity index (χ1) is 7.24. The number of aromatic nitrogens is 2. The molecule has 1 aromatic heterocycles. The largest absolute Gasteiger partial charge is 0.439 e. The van der Waals surface area contributed by atoms with Crippen LogP contribution in [0, 0.1) is 10.5 Å². The standard InChI is InChI=1S/C11H9IN2O/c1-8-5-11(14-7-13-8)15-10-4-2-3-9(12)6-10/h2-7H,1H3. The average molecular weight is 312 g/mol. The second kappa shape index (κ2) is 4.57. The lowest BCUT2D eigenvalue weighted by Gasteiger charge is -2.04. The van der Waals surface area contributed by atoms with Gasteiger partial charge < -0.3 is 4.74 Å². The molecule has 15 heavy (non-hydrogen) atoms. The third-order valence-corrected chi connectivity index (χ3v) is 2.47. The van der Waals surface area contributed by atoms with E-state index in [1.807, 2.05) is 31.2 Å².